The second kappa shape index (κ2) is 13.6. The standard InChI is InChI=1S/C13H20N7O13P3.CH4/c14-3-1-2-8-5-20(13(21)18-12(8)15)11-4-9(29-7-17-19-16)10(31-11)6-30-35(25,26)33-36(27,28)32-34(22,23)24;/h5,9-11H,3-4,6-7,14H2,(H,25,26)(H,27,28)(H2,15,18,21)(H2,22,23,24);1H4/t9-,10-,11-;/m1./s1. The smallest absolute Gasteiger partial charge is 0.382 e. The van der Waals surface area contributed by atoms with Gasteiger partial charge in [-0.25, -0.2) is 18.5 Å². The Morgan fingerprint density at radius 2 is 1.95 bits per heavy atom. The Labute approximate surface area is 208 Å². The van der Waals surface area contributed by atoms with E-state index >= 15 is 0 Å². The van der Waals surface area contributed by atoms with E-state index in [4.69, 9.17) is 36.3 Å². The highest BCUT2D eigenvalue weighted by molar-refractivity contribution is 7.66. The number of nitrogens with zero attached hydrogens (tertiary/aromatic N) is 5. The number of hydrogen-bond donors (Lipinski definition) is 6. The van der Waals surface area contributed by atoms with Crippen molar-refractivity contribution >= 4 is 29.3 Å². The Bertz CT molecular complexity index is 1270. The van der Waals surface area contributed by atoms with E-state index in [0.29, 0.717) is 0 Å². The number of nitrogens with two attached hydrogens (primary N) is 2. The molecular formula is C14H24N7O13P3. The molecule has 2 unspecified atom stereocenters. The number of azide groups is 1. The van der Waals surface area contributed by atoms with Crippen molar-refractivity contribution in [2.75, 3.05) is 25.6 Å². The molecule has 1 fully saturated rings. The Morgan fingerprint density at radius 1 is 1.27 bits per heavy atom. The second-order valence-electron chi connectivity index (χ2n) is 6.55. The van der Waals surface area contributed by atoms with Crippen LogP contribution in [0.5, 0.6) is 0 Å². The molecule has 2 heterocycles. The van der Waals surface area contributed by atoms with Gasteiger partial charge in [-0.3, -0.25) is 9.09 Å². The van der Waals surface area contributed by atoms with Crippen LogP contribution in [0, 0.1) is 11.8 Å². The average molecular weight is 591 g/mol. The van der Waals surface area contributed by atoms with E-state index in [2.05, 4.69) is 40.0 Å². The number of rotatable bonds is 11. The van der Waals surface area contributed by atoms with Gasteiger partial charge < -0.3 is 40.5 Å². The summed E-state index contributed by atoms with van der Waals surface area (Å²) in [6, 6.07) is 0. The number of phosphoric ester groups is 1. The van der Waals surface area contributed by atoms with Crippen LogP contribution in [0.2, 0.25) is 0 Å². The monoisotopic (exact) mass is 591 g/mol. The van der Waals surface area contributed by atoms with E-state index in [1.807, 2.05) is 0 Å². The van der Waals surface area contributed by atoms with Gasteiger partial charge in [0, 0.05) is 17.5 Å². The molecule has 0 bridgehead atoms. The summed E-state index contributed by atoms with van der Waals surface area (Å²) in [5, 5.41) is 3.18. The van der Waals surface area contributed by atoms with Crippen molar-refractivity contribution in [1.29, 1.82) is 0 Å². The van der Waals surface area contributed by atoms with Gasteiger partial charge >= 0.3 is 29.2 Å². The lowest BCUT2D eigenvalue weighted by molar-refractivity contribution is -0.0601. The molecule has 1 aliphatic heterocycles. The molecular weight excluding hydrogens is 567 g/mol. The zero-order valence-electron chi connectivity index (χ0n) is 17.8. The first-order valence-corrected chi connectivity index (χ1v) is 13.8. The number of hydrogen-bond acceptors (Lipinski definition) is 13. The number of phosphoric acid groups is 3. The molecule has 5 atom stereocenters. The van der Waals surface area contributed by atoms with Gasteiger partial charge in [-0.15, -0.1) is 0 Å². The SMILES string of the molecule is C.[N-]=[N+]=NCO[C@@H]1C[C@H](n2cc(C#CCN)c(N)nc2=O)O[C@@H]1COP(=O)(O)OP(=O)(O)OP(=O)(O)O. The fourth-order valence-electron chi connectivity index (χ4n) is 2.75. The Kier molecular flexibility index (Phi) is 12.1. The van der Waals surface area contributed by atoms with Gasteiger partial charge in [0.25, 0.3) is 0 Å². The van der Waals surface area contributed by atoms with E-state index < -0.39 is 60.9 Å². The Hall–Kier alpha value is -2.16. The van der Waals surface area contributed by atoms with Crippen LogP contribution in [0.15, 0.2) is 16.1 Å². The molecule has 0 saturated carbocycles. The summed E-state index contributed by atoms with van der Waals surface area (Å²) in [4.78, 5) is 54.5. The summed E-state index contributed by atoms with van der Waals surface area (Å²) >= 11 is 0. The largest absolute Gasteiger partial charge is 0.490 e. The topological polar surface area (TPSA) is 314 Å². The predicted molar refractivity (Wildman–Crippen MR) is 123 cm³/mol. The molecule has 37 heavy (non-hydrogen) atoms. The van der Waals surface area contributed by atoms with Gasteiger partial charge in [-0.05, 0) is 5.53 Å². The van der Waals surface area contributed by atoms with Crippen molar-refractivity contribution < 1.29 is 55.9 Å². The molecule has 0 aromatic carbocycles. The molecule has 208 valence electrons. The first-order valence-electron chi connectivity index (χ1n) is 9.30. The lowest BCUT2D eigenvalue weighted by atomic mass is 10.2. The number of nitrogen functional groups attached to an aromatic ring is 1. The third-order valence-electron chi connectivity index (χ3n) is 4.02. The molecule has 2 rings (SSSR count). The molecule has 20 nitrogen and oxygen atoms in total. The summed E-state index contributed by atoms with van der Waals surface area (Å²) in [5.41, 5.74) is 18.7. The molecule has 8 N–H and O–H groups in total. The number of aromatic nitrogens is 2. The zero-order chi connectivity index (χ0) is 27.1. The van der Waals surface area contributed by atoms with Gasteiger partial charge in [0.1, 0.15) is 24.9 Å². The maximum Gasteiger partial charge on any atom is 0.490 e. The molecule has 0 aliphatic carbocycles. The van der Waals surface area contributed by atoms with Crippen LogP contribution in [0.1, 0.15) is 25.6 Å². The van der Waals surface area contributed by atoms with Crippen LogP contribution < -0.4 is 17.2 Å². The van der Waals surface area contributed by atoms with Gasteiger partial charge in [0.05, 0.1) is 24.8 Å². The van der Waals surface area contributed by atoms with Crippen LogP contribution in [0.3, 0.4) is 0 Å². The van der Waals surface area contributed by atoms with E-state index in [9.17, 15) is 28.3 Å². The van der Waals surface area contributed by atoms with Crippen molar-refractivity contribution in [1.82, 2.24) is 9.55 Å². The fraction of sp³-hybridized carbons (Fsp3) is 0.571. The van der Waals surface area contributed by atoms with Gasteiger partial charge in [0.15, 0.2) is 0 Å². The van der Waals surface area contributed by atoms with Crippen LogP contribution in [-0.2, 0) is 36.3 Å². The van der Waals surface area contributed by atoms with Crippen LogP contribution in [0.25, 0.3) is 10.4 Å². The van der Waals surface area contributed by atoms with Crippen LogP contribution in [-0.4, -0.2) is 61.2 Å². The first kappa shape index (κ1) is 32.9. The second-order valence-corrected chi connectivity index (χ2v) is 11.0. The lowest BCUT2D eigenvalue weighted by Crippen LogP contribution is -2.29. The van der Waals surface area contributed by atoms with Crippen molar-refractivity contribution in [2.45, 2.75) is 32.3 Å². The zero-order valence-corrected chi connectivity index (χ0v) is 20.5. The third kappa shape index (κ3) is 10.6. The molecule has 23 heteroatoms. The van der Waals surface area contributed by atoms with Crippen molar-refractivity contribution in [3.8, 4) is 11.8 Å². The molecule has 1 aromatic heterocycles. The number of anilines is 1. The van der Waals surface area contributed by atoms with E-state index in [-0.39, 0.29) is 31.8 Å². The molecule has 0 radical (unpaired) electrons. The van der Waals surface area contributed by atoms with E-state index in [1.165, 1.54) is 6.20 Å². The minimum Gasteiger partial charge on any atom is -0.382 e. The van der Waals surface area contributed by atoms with Gasteiger partial charge in [-0.2, -0.15) is 13.6 Å². The predicted octanol–water partition coefficient (Wildman–Crippen LogP) is 0.0556. The Morgan fingerprint density at radius 3 is 2.54 bits per heavy atom. The summed E-state index contributed by atoms with van der Waals surface area (Å²) in [7, 11) is -16.8. The highest BCUT2D eigenvalue weighted by atomic mass is 31.3. The van der Waals surface area contributed by atoms with E-state index in [1.54, 1.807) is 0 Å². The highest BCUT2D eigenvalue weighted by Gasteiger charge is 2.43. The maximum absolute atomic E-state index is 12.4. The van der Waals surface area contributed by atoms with Gasteiger partial charge in [-0.1, -0.05) is 24.4 Å². The normalized spacial score (nSPS) is 22.5. The minimum absolute atomic E-state index is 0. The van der Waals surface area contributed by atoms with E-state index in [0.717, 1.165) is 4.57 Å². The molecule has 1 aromatic rings. The highest BCUT2D eigenvalue weighted by Crippen LogP contribution is 2.66. The lowest BCUT2D eigenvalue weighted by Gasteiger charge is -2.21. The minimum atomic E-state index is -5.74. The third-order valence-corrected chi connectivity index (χ3v) is 7.83. The first-order chi connectivity index (χ1) is 16.7. The van der Waals surface area contributed by atoms with Crippen LogP contribution >= 0.6 is 23.5 Å². The quantitative estimate of drug-likeness (QED) is 0.0651. The average Bonchev–Trinajstić information content (AvgIpc) is 3.12. The van der Waals surface area contributed by atoms with Crippen LogP contribution in [0.4, 0.5) is 5.82 Å². The van der Waals surface area contributed by atoms with Crippen molar-refractivity contribution in [3.05, 3.63) is 32.7 Å². The number of ether oxygens (including phenoxy) is 2. The molecule has 1 saturated heterocycles. The summed E-state index contributed by atoms with van der Waals surface area (Å²) in [6.45, 7) is -1.39. The van der Waals surface area contributed by atoms with Crippen molar-refractivity contribution in [3.63, 3.8) is 0 Å². The Balaban J connectivity index is 0.00000684. The summed E-state index contributed by atoms with van der Waals surface area (Å²) in [6.07, 6.45) is -2.30. The summed E-state index contributed by atoms with van der Waals surface area (Å²) in [5.74, 6) is 4.99. The molecule has 0 amide bonds. The maximum atomic E-state index is 12.4. The molecule has 1 aliphatic rings. The summed E-state index contributed by atoms with van der Waals surface area (Å²) < 4.78 is 58.0. The fourth-order valence-corrected chi connectivity index (χ4v) is 5.78. The molecule has 0 spiro atoms. The van der Waals surface area contributed by atoms with Gasteiger partial charge in [0.2, 0.25) is 0 Å². The van der Waals surface area contributed by atoms with Crippen molar-refractivity contribution in [2.24, 2.45) is 10.8 Å².